The lowest BCUT2D eigenvalue weighted by atomic mass is 10.1. The molecular formula is C16H14N2O3. The zero-order chi connectivity index (χ0) is 15.2. The summed E-state index contributed by atoms with van der Waals surface area (Å²) in [6, 6.07) is 7.98. The normalized spacial score (nSPS) is 9.62. The molecule has 0 aliphatic heterocycles. The summed E-state index contributed by atoms with van der Waals surface area (Å²) >= 11 is 0. The fourth-order valence-corrected chi connectivity index (χ4v) is 1.66. The Kier molecular flexibility index (Phi) is 4.54. The molecule has 0 aliphatic carbocycles. The van der Waals surface area contributed by atoms with Gasteiger partial charge >= 0.3 is 0 Å². The third-order valence-corrected chi connectivity index (χ3v) is 2.78. The Morgan fingerprint density at radius 1 is 1.33 bits per heavy atom. The lowest BCUT2D eigenvalue weighted by Crippen LogP contribution is -2.13. The number of phenolic OH excluding ortho intramolecular Hbond substituents is 1. The summed E-state index contributed by atoms with van der Waals surface area (Å²) in [6.07, 6.45) is 1.52. The SMILES string of the molecule is Cc1ccc(C(=O)Nc2cc(C#CCO)ccn2)cc1O. The zero-order valence-corrected chi connectivity index (χ0v) is 11.4. The number of amides is 1. The minimum absolute atomic E-state index is 0.0678. The Balaban J connectivity index is 2.17. The van der Waals surface area contributed by atoms with E-state index in [9.17, 15) is 9.90 Å². The number of aliphatic hydroxyl groups is 1. The molecule has 2 aromatic rings. The largest absolute Gasteiger partial charge is 0.508 e. The number of hydrogen-bond donors (Lipinski definition) is 3. The predicted molar refractivity (Wildman–Crippen MR) is 79.0 cm³/mol. The van der Waals surface area contributed by atoms with Gasteiger partial charge in [-0.25, -0.2) is 4.98 Å². The number of nitrogens with zero attached hydrogens (tertiary/aromatic N) is 1. The number of aliphatic hydroxyl groups excluding tert-OH is 1. The molecule has 1 aromatic carbocycles. The number of nitrogens with one attached hydrogen (secondary N) is 1. The highest BCUT2D eigenvalue weighted by Gasteiger charge is 2.08. The molecule has 0 aliphatic rings. The molecule has 0 unspecified atom stereocenters. The van der Waals surface area contributed by atoms with E-state index in [1.54, 1.807) is 31.2 Å². The Bertz CT molecular complexity index is 730. The van der Waals surface area contributed by atoms with E-state index < -0.39 is 0 Å². The molecule has 0 saturated heterocycles. The topological polar surface area (TPSA) is 82.5 Å². The van der Waals surface area contributed by atoms with Crippen LogP contribution in [0.2, 0.25) is 0 Å². The number of carbonyl (C=O) groups is 1. The molecule has 21 heavy (non-hydrogen) atoms. The smallest absolute Gasteiger partial charge is 0.256 e. The Labute approximate surface area is 122 Å². The van der Waals surface area contributed by atoms with Crippen molar-refractivity contribution in [3.05, 3.63) is 53.2 Å². The standard InChI is InChI=1S/C16H14N2O3/c1-11-4-5-13(10-14(11)20)16(21)18-15-9-12(3-2-8-19)6-7-17-15/h4-7,9-10,19-20H,8H2,1H3,(H,17,18,21). The summed E-state index contributed by atoms with van der Waals surface area (Å²) in [5, 5.41) is 20.9. The van der Waals surface area contributed by atoms with Crippen LogP contribution in [-0.4, -0.2) is 27.7 Å². The van der Waals surface area contributed by atoms with E-state index in [1.807, 2.05) is 0 Å². The van der Waals surface area contributed by atoms with Gasteiger partial charge in [0.05, 0.1) is 0 Å². The van der Waals surface area contributed by atoms with Crippen molar-refractivity contribution >= 4 is 11.7 Å². The summed E-state index contributed by atoms with van der Waals surface area (Å²) in [5.74, 6) is 5.30. The van der Waals surface area contributed by atoms with E-state index in [-0.39, 0.29) is 18.3 Å². The second-order valence-electron chi connectivity index (χ2n) is 4.35. The first-order valence-corrected chi connectivity index (χ1v) is 6.27. The van der Waals surface area contributed by atoms with Crippen LogP contribution >= 0.6 is 0 Å². The first-order valence-electron chi connectivity index (χ1n) is 6.27. The molecule has 0 spiro atoms. The minimum Gasteiger partial charge on any atom is -0.508 e. The number of rotatable bonds is 2. The van der Waals surface area contributed by atoms with Crippen LogP contribution in [0.4, 0.5) is 5.82 Å². The maximum absolute atomic E-state index is 12.1. The second kappa shape index (κ2) is 6.55. The van der Waals surface area contributed by atoms with Crippen LogP contribution in [0.15, 0.2) is 36.5 Å². The van der Waals surface area contributed by atoms with Crippen LogP contribution in [0, 0.1) is 18.8 Å². The van der Waals surface area contributed by atoms with Gasteiger partial charge in [0.25, 0.3) is 5.91 Å². The van der Waals surface area contributed by atoms with Crippen molar-refractivity contribution in [2.24, 2.45) is 0 Å². The number of aryl methyl sites for hydroxylation is 1. The molecule has 106 valence electrons. The van der Waals surface area contributed by atoms with Gasteiger partial charge in [-0.3, -0.25) is 4.79 Å². The minimum atomic E-state index is -0.370. The highest BCUT2D eigenvalue weighted by atomic mass is 16.3. The third-order valence-electron chi connectivity index (χ3n) is 2.78. The van der Waals surface area contributed by atoms with Crippen molar-refractivity contribution in [2.45, 2.75) is 6.92 Å². The number of hydrogen-bond acceptors (Lipinski definition) is 4. The Hall–Kier alpha value is -2.84. The van der Waals surface area contributed by atoms with Gasteiger partial charge in [0.2, 0.25) is 0 Å². The number of carbonyl (C=O) groups excluding carboxylic acids is 1. The van der Waals surface area contributed by atoms with Crippen molar-refractivity contribution in [3.8, 4) is 17.6 Å². The number of anilines is 1. The fourth-order valence-electron chi connectivity index (χ4n) is 1.66. The average Bonchev–Trinajstić information content (AvgIpc) is 2.48. The van der Waals surface area contributed by atoms with Crippen LogP contribution < -0.4 is 5.32 Å². The highest BCUT2D eigenvalue weighted by Crippen LogP contribution is 2.18. The molecule has 3 N–H and O–H groups in total. The van der Waals surface area contributed by atoms with E-state index in [0.717, 1.165) is 0 Å². The summed E-state index contributed by atoms with van der Waals surface area (Å²) in [4.78, 5) is 16.1. The number of pyridine rings is 1. The van der Waals surface area contributed by atoms with Gasteiger partial charge in [-0.05, 0) is 36.8 Å². The molecule has 5 heteroatoms. The zero-order valence-electron chi connectivity index (χ0n) is 11.4. The van der Waals surface area contributed by atoms with Gasteiger partial charge in [-0.1, -0.05) is 17.9 Å². The van der Waals surface area contributed by atoms with Crippen LogP contribution in [0.25, 0.3) is 0 Å². The van der Waals surface area contributed by atoms with Crippen molar-refractivity contribution in [2.75, 3.05) is 11.9 Å². The van der Waals surface area contributed by atoms with Crippen molar-refractivity contribution < 1.29 is 15.0 Å². The Morgan fingerprint density at radius 2 is 2.14 bits per heavy atom. The van der Waals surface area contributed by atoms with Gasteiger partial charge in [-0.2, -0.15) is 0 Å². The van der Waals surface area contributed by atoms with Gasteiger partial charge in [0, 0.05) is 17.3 Å². The molecule has 0 fully saturated rings. The number of phenols is 1. The van der Waals surface area contributed by atoms with Crippen molar-refractivity contribution in [3.63, 3.8) is 0 Å². The monoisotopic (exact) mass is 282 g/mol. The summed E-state index contributed by atoms with van der Waals surface area (Å²) in [7, 11) is 0. The van der Waals surface area contributed by atoms with Gasteiger partial charge < -0.3 is 15.5 Å². The molecule has 0 bridgehead atoms. The highest BCUT2D eigenvalue weighted by molar-refractivity contribution is 6.04. The molecule has 0 atom stereocenters. The first kappa shape index (κ1) is 14.6. The van der Waals surface area contributed by atoms with Crippen LogP contribution in [0.3, 0.4) is 0 Å². The fraction of sp³-hybridized carbons (Fsp3) is 0.125. The van der Waals surface area contributed by atoms with Gasteiger partial charge in [0.15, 0.2) is 0 Å². The first-order chi connectivity index (χ1) is 10.1. The van der Waals surface area contributed by atoms with Crippen molar-refractivity contribution in [1.82, 2.24) is 4.98 Å². The lowest BCUT2D eigenvalue weighted by Gasteiger charge is -2.06. The lowest BCUT2D eigenvalue weighted by molar-refractivity contribution is 0.102. The average molecular weight is 282 g/mol. The van der Waals surface area contributed by atoms with E-state index in [2.05, 4.69) is 22.1 Å². The van der Waals surface area contributed by atoms with Crippen LogP contribution in [-0.2, 0) is 0 Å². The summed E-state index contributed by atoms with van der Waals surface area (Å²) in [6.45, 7) is 1.52. The maximum Gasteiger partial charge on any atom is 0.256 e. The summed E-state index contributed by atoms with van der Waals surface area (Å²) in [5.41, 5.74) is 1.68. The van der Waals surface area contributed by atoms with Gasteiger partial charge in [0.1, 0.15) is 18.2 Å². The number of aromatic nitrogens is 1. The maximum atomic E-state index is 12.1. The molecule has 0 radical (unpaired) electrons. The Morgan fingerprint density at radius 3 is 2.86 bits per heavy atom. The predicted octanol–water partition coefficient (Wildman–Crippen LogP) is 1.69. The third kappa shape index (κ3) is 3.81. The quantitative estimate of drug-likeness (QED) is 0.732. The summed E-state index contributed by atoms with van der Waals surface area (Å²) < 4.78 is 0. The number of benzene rings is 1. The molecule has 1 aromatic heterocycles. The van der Waals surface area contributed by atoms with Crippen LogP contribution in [0.5, 0.6) is 5.75 Å². The van der Waals surface area contributed by atoms with Gasteiger partial charge in [-0.15, -0.1) is 0 Å². The van der Waals surface area contributed by atoms with Crippen molar-refractivity contribution in [1.29, 1.82) is 0 Å². The molecule has 1 heterocycles. The molecule has 1 amide bonds. The van der Waals surface area contributed by atoms with E-state index in [4.69, 9.17) is 5.11 Å². The second-order valence-corrected chi connectivity index (χ2v) is 4.35. The van der Waals surface area contributed by atoms with E-state index in [1.165, 1.54) is 12.3 Å². The molecule has 0 saturated carbocycles. The molecule has 2 rings (SSSR count). The molecular weight excluding hydrogens is 268 g/mol. The molecule has 5 nitrogen and oxygen atoms in total. The van der Waals surface area contributed by atoms with E-state index >= 15 is 0 Å². The van der Waals surface area contributed by atoms with Crippen LogP contribution in [0.1, 0.15) is 21.5 Å². The number of aromatic hydroxyl groups is 1. The van der Waals surface area contributed by atoms with E-state index in [0.29, 0.717) is 22.5 Å².